The molecule has 1 saturated heterocycles. The van der Waals surface area contributed by atoms with Crippen molar-refractivity contribution in [1.82, 2.24) is 5.32 Å². The van der Waals surface area contributed by atoms with Crippen molar-refractivity contribution in [3.63, 3.8) is 0 Å². The molecule has 2 rings (SSSR count). The smallest absolute Gasteiger partial charge is 0.312 e. The molecular formula is C19H29NO2. The predicted molar refractivity (Wildman–Crippen MR) is 89.6 cm³/mol. The van der Waals surface area contributed by atoms with E-state index in [-0.39, 0.29) is 11.4 Å². The summed E-state index contributed by atoms with van der Waals surface area (Å²) < 4.78 is 6.22. The second-order valence-corrected chi connectivity index (χ2v) is 6.34. The number of carbonyl (C=O) groups excluding carboxylic acids is 1. The van der Waals surface area contributed by atoms with Gasteiger partial charge in [-0.1, -0.05) is 51.1 Å². The Labute approximate surface area is 134 Å². The van der Waals surface area contributed by atoms with Crippen molar-refractivity contribution in [1.29, 1.82) is 0 Å². The van der Waals surface area contributed by atoms with Crippen LogP contribution in [0.3, 0.4) is 0 Å². The van der Waals surface area contributed by atoms with Crippen LogP contribution in [0.15, 0.2) is 30.3 Å². The largest absolute Gasteiger partial charge is 0.454 e. The standard InChI is InChI=1S/C19H29NO2/c1-4-18(5-2,6-3)17(21)22-19(12-14-20-15-13-19)16-10-8-7-9-11-16/h7-11,20H,4-6,12-15H2,1-3H3. The lowest BCUT2D eigenvalue weighted by molar-refractivity contribution is -0.178. The average Bonchev–Trinajstić information content (AvgIpc) is 2.58. The Morgan fingerprint density at radius 1 is 1.09 bits per heavy atom. The molecule has 0 amide bonds. The molecule has 3 heteroatoms. The number of ether oxygens (including phenoxy) is 1. The summed E-state index contributed by atoms with van der Waals surface area (Å²) in [6.07, 6.45) is 4.19. The Morgan fingerprint density at radius 2 is 1.64 bits per heavy atom. The van der Waals surface area contributed by atoms with Gasteiger partial charge in [-0.05, 0) is 37.9 Å². The quantitative estimate of drug-likeness (QED) is 0.807. The van der Waals surface area contributed by atoms with Crippen molar-refractivity contribution in [2.24, 2.45) is 5.41 Å². The summed E-state index contributed by atoms with van der Waals surface area (Å²) in [5.74, 6) is -0.0225. The maximum Gasteiger partial charge on any atom is 0.312 e. The molecule has 1 N–H and O–H groups in total. The molecule has 0 saturated carbocycles. The molecule has 1 aromatic carbocycles. The molecule has 3 nitrogen and oxygen atoms in total. The fourth-order valence-corrected chi connectivity index (χ4v) is 3.49. The SMILES string of the molecule is CCC(CC)(CC)C(=O)OC1(c2ccccc2)CCNCC1. The number of hydrogen-bond acceptors (Lipinski definition) is 3. The predicted octanol–water partition coefficient (Wildman–Crippen LogP) is 4.02. The first kappa shape index (κ1) is 17.0. The van der Waals surface area contributed by atoms with Gasteiger partial charge >= 0.3 is 5.97 Å². The van der Waals surface area contributed by atoms with Crippen LogP contribution >= 0.6 is 0 Å². The molecule has 0 spiro atoms. The number of esters is 1. The number of piperidine rings is 1. The fourth-order valence-electron chi connectivity index (χ4n) is 3.49. The van der Waals surface area contributed by atoms with Crippen LogP contribution in [0.2, 0.25) is 0 Å². The van der Waals surface area contributed by atoms with Crippen LogP contribution < -0.4 is 5.32 Å². The molecule has 1 aliphatic heterocycles. The minimum Gasteiger partial charge on any atom is -0.454 e. The zero-order valence-corrected chi connectivity index (χ0v) is 14.2. The van der Waals surface area contributed by atoms with Crippen molar-refractivity contribution in [3.05, 3.63) is 35.9 Å². The Kier molecular flexibility index (Phi) is 5.63. The van der Waals surface area contributed by atoms with Crippen LogP contribution in [0.25, 0.3) is 0 Å². The maximum atomic E-state index is 13.0. The van der Waals surface area contributed by atoms with Crippen molar-refractivity contribution < 1.29 is 9.53 Å². The molecule has 1 heterocycles. The summed E-state index contributed by atoms with van der Waals surface area (Å²) in [5.41, 5.74) is 0.322. The highest BCUT2D eigenvalue weighted by atomic mass is 16.6. The van der Waals surface area contributed by atoms with Crippen LogP contribution in [0.4, 0.5) is 0 Å². The number of rotatable bonds is 6. The Bertz CT molecular complexity index is 465. The van der Waals surface area contributed by atoms with Crippen molar-refractivity contribution >= 4 is 5.97 Å². The van der Waals surface area contributed by atoms with E-state index in [2.05, 4.69) is 38.2 Å². The Morgan fingerprint density at radius 3 is 2.14 bits per heavy atom. The molecule has 0 radical (unpaired) electrons. The zero-order valence-electron chi connectivity index (χ0n) is 14.2. The summed E-state index contributed by atoms with van der Waals surface area (Å²) in [4.78, 5) is 13.0. The third kappa shape index (κ3) is 3.19. The molecule has 0 aromatic heterocycles. The van der Waals surface area contributed by atoms with Crippen LogP contribution in [0, 0.1) is 5.41 Å². The molecule has 22 heavy (non-hydrogen) atoms. The Hall–Kier alpha value is -1.35. The molecule has 0 unspecified atom stereocenters. The molecular weight excluding hydrogens is 274 g/mol. The molecule has 1 fully saturated rings. The lowest BCUT2D eigenvalue weighted by Gasteiger charge is -2.41. The van der Waals surface area contributed by atoms with Gasteiger partial charge in [-0.3, -0.25) is 4.79 Å². The van der Waals surface area contributed by atoms with Crippen molar-refractivity contribution in [3.8, 4) is 0 Å². The molecule has 1 aliphatic rings. The highest BCUT2D eigenvalue weighted by Crippen LogP contribution is 2.40. The van der Waals surface area contributed by atoms with Gasteiger partial charge in [-0.15, -0.1) is 0 Å². The summed E-state index contributed by atoms with van der Waals surface area (Å²) in [6.45, 7) is 8.04. The molecule has 0 aliphatic carbocycles. The molecule has 122 valence electrons. The summed E-state index contributed by atoms with van der Waals surface area (Å²) >= 11 is 0. The second-order valence-electron chi connectivity index (χ2n) is 6.34. The first-order valence-electron chi connectivity index (χ1n) is 8.62. The zero-order chi connectivity index (χ0) is 16.1. The lowest BCUT2D eigenvalue weighted by atomic mass is 9.78. The molecule has 0 atom stereocenters. The number of nitrogens with one attached hydrogen (secondary N) is 1. The topological polar surface area (TPSA) is 38.3 Å². The minimum atomic E-state index is -0.464. The average molecular weight is 303 g/mol. The van der Waals surface area contributed by atoms with E-state index < -0.39 is 5.60 Å². The summed E-state index contributed by atoms with van der Waals surface area (Å²) in [6, 6.07) is 10.2. The van der Waals surface area contributed by atoms with Gasteiger partial charge in [0.05, 0.1) is 5.41 Å². The van der Waals surface area contributed by atoms with Gasteiger partial charge < -0.3 is 10.1 Å². The highest BCUT2D eigenvalue weighted by molar-refractivity contribution is 5.77. The summed E-state index contributed by atoms with van der Waals surface area (Å²) in [7, 11) is 0. The van der Waals surface area contributed by atoms with E-state index in [0.29, 0.717) is 0 Å². The molecule has 0 bridgehead atoms. The van der Waals surface area contributed by atoms with Gasteiger partial charge in [-0.25, -0.2) is 0 Å². The van der Waals surface area contributed by atoms with Crippen molar-refractivity contribution in [2.45, 2.75) is 58.5 Å². The van der Waals surface area contributed by atoms with Crippen LogP contribution in [0.1, 0.15) is 58.4 Å². The summed E-state index contributed by atoms with van der Waals surface area (Å²) in [5, 5.41) is 3.37. The lowest BCUT2D eigenvalue weighted by Crippen LogP contribution is -2.46. The third-order valence-electron chi connectivity index (χ3n) is 5.46. The second kappa shape index (κ2) is 7.28. The van der Waals surface area contributed by atoms with E-state index in [1.54, 1.807) is 0 Å². The number of carbonyl (C=O) groups is 1. The number of benzene rings is 1. The van der Waals surface area contributed by atoms with E-state index in [1.807, 2.05) is 18.2 Å². The van der Waals surface area contributed by atoms with E-state index >= 15 is 0 Å². The van der Waals surface area contributed by atoms with E-state index in [4.69, 9.17) is 4.74 Å². The van der Waals surface area contributed by atoms with Gasteiger partial charge in [0.2, 0.25) is 0 Å². The fraction of sp³-hybridized carbons (Fsp3) is 0.632. The van der Waals surface area contributed by atoms with E-state index in [1.165, 1.54) is 0 Å². The van der Waals surface area contributed by atoms with Gasteiger partial charge in [0.15, 0.2) is 0 Å². The third-order valence-corrected chi connectivity index (χ3v) is 5.46. The highest BCUT2D eigenvalue weighted by Gasteiger charge is 2.43. The van der Waals surface area contributed by atoms with Gasteiger partial charge in [0.1, 0.15) is 5.60 Å². The Balaban J connectivity index is 2.30. The van der Waals surface area contributed by atoms with Crippen LogP contribution in [-0.4, -0.2) is 19.1 Å². The normalized spacial score (nSPS) is 18.0. The minimum absolute atomic E-state index is 0.0225. The van der Waals surface area contributed by atoms with E-state index in [9.17, 15) is 4.79 Å². The van der Waals surface area contributed by atoms with E-state index in [0.717, 1.165) is 50.8 Å². The van der Waals surface area contributed by atoms with Gasteiger partial charge in [0.25, 0.3) is 0 Å². The monoisotopic (exact) mass is 303 g/mol. The van der Waals surface area contributed by atoms with Crippen molar-refractivity contribution in [2.75, 3.05) is 13.1 Å². The van der Waals surface area contributed by atoms with Gasteiger partial charge in [0, 0.05) is 12.8 Å². The molecule has 1 aromatic rings. The first-order valence-corrected chi connectivity index (χ1v) is 8.62. The van der Waals surface area contributed by atoms with Crippen LogP contribution in [-0.2, 0) is 15.1 Å². The van der Waals surface area contributed by atoms with Gasteiger partial charge in [-0.2, -0.15) is 0 Å². The number of hydrogen-bond donors (Lipinski definition) is 1. The maximum absolute atomic E-state index is 13.0. The van der Waals surface area contributed by atoms with Crippen LogP contribution in [0.5, 0.6) is 0 Å². The first-order chi connectivity index (χ1) is 10.6.